The van der Waals surface area contributed by atoms with E-state index in [0.29, 0.717) is 12.8 Å². The summed E-state index contributed by atoms with van der Waals surface area (Å²) >= 11 is 0. The van der Waals surface area contributed by atoms with Crippen LogP contribution in [0.3, 0.4) is 0 Å². The van der Waals surface area contributed by atoms with Crippen molar-refractivity contribution in [3.8, 4) is 0 Å². The molecule has 0 aliphatic carbocycles. The first-order valence-corrected chi connectivity index (χ1v) is 23.4. The molecular weight excluding hydrogens is 709 g/mol. The summed E-state index contributed by atoms with van der Waals surface area (Å²) in [7, 11) is 0. The van der Waals surface area contributed by atoms with E-state index in [1.165, 1.54) is 64.2 Å². The van der Waals surface area contributed by atoms with Gasteiger partial charge in [0, 0.05) is 19.3 Å². The van der Waals surface area contributed by atoms with E-state index in [1.54, 1.807) is 0 Å². The van der Waals surface area contributed by atoms with E-state index < -0.39 is 6.10 Å². The molecule has 0 aliphatic rings. The monoisotopic (exact) mass is 795 g/mol. The average molecular weight is 795 g/mol. The zero-order chi connectivity index (χ0) is 41.5. The predicted octanol–water partition coefficient (Wildman–Crippen LogP) is 15.1. The summed E-state index contributed by atoms with van der Waals surface area (Å²) < 4.78 is 16.7. The van der Waals surface area contributed by atoms with E-state index in [4.69, 9.17) is 14.2 Å². The molecule has 6 nitrogen and oxygen atoms in total. The molecule has 0 spiro atoms. The van der Waals surface area contributed by atoms with Crippen LogP contribution in [-0.2, 0) is 28.6 Å². The van der Waals surface area contributed by atoms with Crippen LogP contribution in [-0.4, -0.2) is 37.2 Å². The maximum Gasteiger partial charge on any atom is 0.306 e. The topological polar surface area (TPSA) is 78.9 Å². The summed E-state index contributed by atoms with van der Waals surface area (Å²) in [6.07, 6.45) is 56.0. The van der Waals surface area contributed by atoms with Crippen LogP contribution in [0.4, 0.5) is 0 Å². The van der Waals surface area contributed by atoms with Gasteiger partial charge < -0.3 is 14.2 Å². The van der Waals surface area contributed by atoms with Gasteiger partial charge in [0.15, 0.2) is 6.10 Å². The van der Waals surface area contributed by atoms with Crippen LogP contribution in [0, 0.1) is 0 Å². The third-order valence-electron chi connectivity index (χ3n) is 9.71. The van der Waals surface area contributed by atoms with Gasteiger partial charge in [0.25, 0.3) is 0 Å². The second kappa shape index (κ2) is 45.6. The molecule has 1 atom stereocenters. The Hall–Kier alpha value is -3.15. The van der Waals surface area contributed by atoms with Crippen molar-refractivity contribution in [1.82, 2.24) is 0 Å². The van der Waals surface area contributed by atoms with E-state index in [1.807, 2.05) is 0 Å². The van der Waals surface area contributed by atoms with Crippen molar-refractivity contribution < 1.29 is 28.6 Å². The third kappa shape index (κ3) is 43.8. The number of carbonyl (C=O) groups is 3. The number of carbonyl (C=O) groups excluding carboxylic acids is 3. The van der Waals surface area contributed by atoms with Crippen molar-refractivity contribution in [2.45, 2.75) is 219 Å². The lowest BCUT2D eigenvalue weighted by Crippen LogP contribution is -2.30. The van der Waals surface area contributed by atoms with Crippen molar-refractivity contribution in [2.24, 2.45) is 0 Å². The fourth-order valence-electron chi connectivity index (χ4n) is 6.23. The first-order chi connectivity index (χ1) is 28.0. The molecule has 0 aromatic carbocycles. The van der Waals surface area contributed by atoms with Gasteiger partial charge >= 0.3 is 17.9 Å². The fourth-order valence-corrected chi connectivity index (χ4v) is 6.23. The fraction of sp³-hybridized carbons (Fsp3) is 0.706. The molecule has 1 unspecified atom stereocenters. The molecule has 326 valence electrons. The number of ether oxygens (including phenoxy) is 3. The Kier molecular flexibility index (Phi) is 43.0. The van der Waals surface area contributed by atoms with Crippen molar-refractivity contribution in [1.29, 1.82) is 0 Å². The minimum atomic E-state index is -0.799. The summed E-state index contributed by atoms with van der Waals surface area (Å²) in [6, 6.07) is 0. The number of rotatable bonds is 41. The predicted molar refractivity (Wildman–Crippen MR) is 242 cm³/mol. The van der Waals surface area contributed by atoms with Gasteiger partial charge in [0.2, 0.25) is 0 Å². The SMILES string of the molecule is CC/C=C\C/C=C\C/C=C\CCCCCC(=O)OCC(COC(=O)CCCCCCCCCCCCCCC)OC(=O)CCCCC/C=C\C/C=C\C/C=C\CC. The van der Waals surface area contributed by atoms with Crippen molar-refractivity contribution in [2.75, 3.05) is 13.2 Å². The molecule has 6 heteroatoms. The molecule has 0 aliphatic heterocycles. The standard InChI is InChI=1S/C51H86O6/c1-4-7-10-13-16-19-22-25-28-31-34-37-40-43-49(52)55-46-48(57-51(54)45-42-39-36-33-30-27-24-21-18-15-12-9-6-3)47-56-50(53)44-41-38-35-32-29-26-23-20-17-14-11-8-5-2/h7,9-10,12,16,18-19,21,25,27-28,30,48H,4-6,8,11,13-15,17,20,22-24,26,29,31-47H2,1-3H3/b10-7-,12-9-,19-16-,21-18-,28-25-,30-27-. The highest BCUT2D eigenvalue weighted by atomic mass is 16.6. The summed E-state index contributed by atoms with van der Waals surface area (Å²) in [4.78, 5) is 37.8. The van der Waals surface area contributed by atoms with Crippen LogP contribution in [0.2, 0.25) is 0 Å². The van der Waals surface area contributed by atoms with Gasteiger partial charge in [0.1, 0.15) is 13.2 Å². The summed E-state index contributed by atoms with van der Waals surface area (Å²) in [5, 5.41) is 0. The van der Waals surface area contributed by atoms with Crippen LogP contribution in [0.15, 0.2) is 72.9 Å². The van der Waals surface area contributed by atoms with Gasteiger partial charge in [0.05, 0.1) is 0 Å². The van der Waals surface area contributed by atoms with Crippen molar-refractivity contribution in [3.63, 3.8) is 0 Å². The van der Waals surface area contributed by atoms with Crippen LogP contribution >= 0.6 is 0 Å². The molecule has 0 fully saturated rings. The maximum atomic E-state index is 12.7. The zero-order valence-corrected chi connectivity index (χ0v) is 37.1. The minimum absolute atomic E-state index is 0.0958. The molecule has 0 N–H and O–H groups in total. The van der Waals surface area contributed by atoms with Gasteiger partial charge in [-0.3, -0.25) is 14.4 Å². The second-order valence-corrected chi connectivity index (χ2v) is 15.3. The average Bonchev–Trinajstić information content (AvgIpc) is 3.21. The number of hydrogen-bond donors (Lipinski definition) is 0. The second-order valence-electron chi connectivity index (χ2n) is 15.3. The number of esters is 3. The lowest BCUT2D eigenvalue weighted by Gasteiger charge is -2.18. The molecule has 0 heterocycles. The quantitative estimate of drug-likeness (QED) is 0.0265. The largest absolute Gasteiger partial charge is 0.462 e. The maximum absolute atomic E-state index is 12.7. The summed E-state index contributed by atoms with van der Waals surface area (Å²) in [5.41, 5.74) is 0. The molecule has 0 saturated heterocycles. The van der Waals surface area contributed by atoms with Crippen LogP contribution in [0.5, 0.6) is 0 Å². The molecule has 0 saturated carbocycles. The van der Waals surface area contributed by atoms with Crippen LogP contribution in [0.25, 0.3) is 0 Å². The summed E-state index contributed by atoms with van der Waals surface area (Å²) in [5.74, 6) is -0.959. The third-order valence-corrected chi connectivity index (χ3v) is 9.71. The van der Waals surface area contributed by atoms with E-state index in [2.05, 4.69) is 93.7 Å². The van der Waals surface area contributed by atoms with Gasteiger partial charge in [-0.25, -0.2) is 0 Å². The first-order valence-electron chi connectivity index (χ1n) is 23.4. The van der Waals surface area contributed by atoms with Gasteiger partial charge in [-0.1, -0.05) is 184 Å². The van der Waals surface area contributed by atoms with Gasteiger partial charge in [-0.2, -0.15) is 0 Å². The molecule has 0 amide bonds. The smallest absolute Gasteiger partial charge is 0.306 e. The molecule has 0 radical (unpaired) electrons. The number of unbranched alkanes of at least 4 members (excludes halogenated alkanes) is 18. The summed E-state index contributed by atoms with van der Waals surface area (Å²) in [6.45, 7) is 6.34. The highest BCUT2D eigenvalue weighted by Crippen LogP contribution is 2.14. The molecule has 0 bridgehead atoms. The number of hydrogen-bond acceptors (Lipinski definition) is 6. The lowest BCUT2D eigenvalue weighted by atomic mass is 10.0. The van der Waals surface area contributed by atoms with E-state index >= 15 is 0 Å². The molecule has 0 rings (SSSR count). The highest BCUT2D eigenvalue weighted by Gasteiger charge is 2.19. The normalized spacial score (nSPS) is 12.7. The Morgan fingerprint density at radius 1 is 0.368 bits per heavy atom. The minimum Gasteiger partial charge on any atom is -0.462 e. The Labute approximate surface area is 351 Å². The number of allylic oxidation sites excluding steroid dienone is 12. The Balaban J connectivity index is 4.47. The van der Waals surface area contributed by atoms with Gasteiger partial charge in [-0.05, 0) is 83.5 Å². The first kappa shape index (κ1) is 53.9. The van der Waals surface area contributed by atoms with Crippen LogP contribution in [0.1, 0.15) is 213 Å². The zero-order valence-electron chi connectivity index (χ0n) is 37.1. The molecule has 0 aromatic rings. The Bertz CT molecular complexity index is 1100. The Morgan fingerprint density at radius 3 is 1.07 bits per heavy atom. The highest BCUT2D eigenvalue weighted by molar-refractivity contribution is 5.71. The van der Waals surface area contributed by atoms with E-state index in [9.17, 15) is 14.4 Å². The van der Waals surface area contributed by atoms with Crippen molar-refractivity contribution >= 4 is 17.9 Å². The van der Waals surface area contributed by atoms with E-state index in [0.717, 1.165) is 109 Å². The van der Waals surface area contributed by atoms with Gasteiger partial charge in [-0.15, -0.1) is 0 Å². The lowest BCUT2D eigenvalue weighted by molar-refractivity contribution is -0.167. The molecule has 57 heavy (non-hydrogen) atoms. The molecular formula is C51H86O6. The Morgan fingerprint density at radius 2 is 0.684 bits per heavy atom. The van der Waals surface area contributed by atoms with Crippen LogP contribution < -0.4 is 0 Å². The molecule has 0 aromatic heterocycles. The van der Waals surface area contributed by atoms with E-state index in [-0.39, 0.29) is 37.5 Å². The van der Waals surface area contributed by atoms with Crippen molar-refractivity contribution in [3.05, 3.63) is 72.9 Å².